The quantitative estimate of drug-likeness (QED) is 0.819. The first kappa shape index (κ1) is 15.5. The molecule has 5 heteroatoms. The van der Waals surface area contributed by atoms with Gasteiger partial charge in [-0.05, 0) is 19.1 Å². The highest BCUT2D eigenvalue weighted by molar-refractivity contribution is 5.38. The molecule has 114 valence electrons. The van der Waals surface area contributed by atoms with E-state index in [0.717, 1.165) is 23.3 Å². The highest BCUT2D eigenvalue weighted by Crippen LogP contribution is 2.25. The van der Waals surface area contributed by atoms with E-state index >= 15 is 0 Å². The normalized spacial score (nSPS) is 12.4. The summed E-state index contributed by atoms with van der Waals surface area (Å²) in [7, 11) is 1.60. The number of aryl methyl sites for hydroxylation is 2. The number of nitrogens with zero attached hydrogens (tertiary/aromatic N) is 1. The number of oxazole rings is 1. The van der Waals surface area contributed by atoms with Gasteiger partial charge in [0.25, 0.3) is 0 Å². The molecule has 1 unspecified atom stereocenters. The highest BCUT2D eigenvalue weighted by atomic mass is 16.5. The van der Waals surface area contributed by atoms with Crippen LogP contribution in [0.2, 0.25) is 0 Å². The van der Waals surface area contributed by atoms with Gasteiger partial charge in [-0.15, -0.1) is 0 Å². The molecular formula is C16H22N2O3. The molecule has 0 amide bonds. The number of ether oxygens (including phenoxy) is 1. The van der Waals surface area contributed by atoms with Gasteiger partial charge < -0.3 is 19.6 Å². The van der Waals surface area contributed by atoms with Crippen LogP contribution in [-0.2, 0) is 13.0 Å². The highest BCUT2D eigenvalue weighted by Gasteiger charge is 2.13. The van der Waals surface area contributed by atoms with Crippen molar-refractivity contribution in [2.75, 3.05) is 13.7 Å². The van der Waals surface area contributed by atoms with Crippen LogP contribution >= 0.6 is 0 Å². The zero-order chi connectivity index (χ0) is 15.2. The predicted octanol–water partition coefficient (Wildman–Crippen LogP) is 2.38. The van der Waals surface area contributed by atoms with E-state index in [9.17, 15) is 5.11 Å². The van der Waals surface area contributed by atoms with Gasteiger partial charge in [0.15, 0.2) is 0 Å². The zero-order valence-electron chi connectivity index (χ0n) is 12.7. The van der Waals surface area contributed by atoms with Crippen molar-refractivity contribution >= 4 is 0 Å². The second-order valence-corrected chi connectivity index (χ2v) is 4.97. The first-order chi connectivity index (χ1) is 10.1. The van der Waals surface area contributed by atoms with Crippen molar-refractivity contribution in [2.24, 2.45) is 0 Å². The van der Waals surface area contributed by atoms with Crippen molar-refractivity contribution in [3.05, 3.63) is 47.2 Å². The van der Waals surface area contributed by atoms with Crippen molar-refractivity contribution in [3.63, 3.8) is 0 Å². The molecule has 0 aliphatic carbocycles. The molecule has 0 aliphatic heterocycles. The maximum absolute atomic E-state index is 10.3. The lowest BCUT2D eigenvalue weighted by molar-refractivity contribution is 0.169. The Balaban J connectivity index is 1.92. The minimum atomic E-state index is -0.638. The first-order valence-electron chi connectivity index (χ1n) is 7.11. The van der Waals surface area contributed by atoms with E-state index in [1.165, 1.54) is 0 Å². The monoisotopic (exact) mass is 290 g/mol. The average Bonchev–Trinajstić information content (AvgIpc) is 2.95. The fourth-order valence-electron chi connectivity index (χ4n) is 2.13. The second-order valence-electron chi connectivity index (χ2n) is 4.97. The molecule has 1 aromatic carbocycles. The van der Waals surface area contributed by atoms with Gasteiger partial charge in [-0.3, -0.25) is 0 Å². The van der Waals surface area contributed by atoms with Gasteiger partial charge >= 0.3 is 0 Å². The number of hydrogen-bond donors (Lipinski definition) is 2. The Labute approximate surface area is 125 Å². The summed E-state index contributed by atoms with van der Waals surface area (Å²) in [4.78, 5) is 4.17. The number of hydrogen-bond acceptors (Lipinski definition) is 5. The Morgan fingerprint density at radius 1 is 1.43 bits per heavy atom. The number of nitrogens with one attached hydrogen (secondary N) is 1. The van der Waals surface area contributed by atoms with E-state index in [4.69, 9.17) is 9.15 Å². The second kappa shape index (κ2) is 7.24. The summed E-state index contributed by atoms with van der Waals surface area (Å²) in [6.45, 7) is 4.91. The molecule has 1 heterocycles. The number of methoxy groups -OCH3 is 1. The van der Waals surface area contributed by atoms with Gasteiger partial charge in [0, 0.05) is 18.5 Å². The van der Waals surface area contributed by atoms with Crippen LogP contribution in [0, 0.1) is 6.92 Å². The fourth-order valence-corrected chi connectivity index (χ4v) is 2.13. The Morgan fingerprint density at radius 3 is 2.90 bits per heavy atom. The average molecular weight is 290 g/mol. The predicted molar refractivity (Wildman–Crippen MR) is 80.3 cm³/mol. The van der Waals surface area contributed by atoms with Crippen LogP contribution < -0.4 is 10.1 Å². The minimum Gasteiger partial charge on any atom is -0.496 e. The first-order valence-corrected chi connectivity index (χ1v) is 7.11. The standard InChI is InChI=1S/C16H22N2O3/c1-4-12-8-18-16(21-12)10-17-9-14(19)13-7-11(2)5-6-15(13)20-3/h5-8,14,17,19H,4,9-10H2,1-3H3. The van der Waals surface area contributed by atoms with E-state index in [1.54, 1.807) is 13.3 Å². The van der Waals surface area contributed by atoms with Gasteiger partial charge in [0.2, 0.25) is 5.89 Å². The summed E-state index contributed by atoms with van der Waals surface area (Å²) >= 11 is 0. The third-order valence-electron chi connectivity index (χ3n) is 3.31. The molecule has 1 atom stereocenters. The lowest BCUT2D eigenvalue weighted by Gasteiger charge is -2.15. The summed E-state index contributed by atoms with van der Waals surface area (Å²) in [5.74, 6) is 2.20. The maximum atomic E-state index is 10.3. The molecule has 1 aromatic heterocycles. The van der Waals surface area contributed by atoms with E-state index in [1.807, 2.05) is 32.0 Å². The van der Waals surface area contributed by atoms with Crippen molar-refractivity contribution in [2.45, 2.75) is 32.9 Å². The van der Waals surface area contributed by atoms with Gasteiger partial charge in [-0.25, -0.2) is 4.98 Å². The lowest BCUT2D eigenvalue weighted by atomic mass is 10.1. The number of aromatic nitrogens is 1. The summed E-state index contributed by atoms with van der Waals surface area (Å²) in [5, 5.41) is 13.4. The Bertz CT molecular complexity index is 581. The molecular weight excluding hydrogens is 268 g/mol. The zero-order valence-corrected chi connectivity index (χ0v) is 12.7. The van der Waals surface area contributed by atoms with Crippen LogP contribution in [0.4, 0.5) is 0 Å². The number of aliphatic hydroxyl groups is 1. The Morgan fingerprint density at radius 2 is 2.24 bits per heavy atom. The smallest absolute Gasteiger partial charge is 0.208 e. The van der Waals surface area contributed by atoms with Crippen LogP contribution in [0.15, 0.2) is 28.8 Å². The molecule has 0 saturated heterocycles. The summed E-state index contributed by atoms with van der Waals surface area (Å²) < 4.78 is 10.8. The molecule has 0 fully saturated rings. The topological polar surface area (TPSA) is 67.5 Å². The third kappa shape index (κ3) is 4.06. The lowest BCUT2D eigenvalue weighted by Crippen LogP contribution is -2.21. The number of aliphatic hydroxyl groups excluding tert-OH is 1. The molecule has 0 spiro atoms. The van der Waals surface area contributed by atoms with E-state index in [2.05, 4.69) is 10.3 Å². The third-order valence-corrected chi connectivity index (χ3v) is 3.31. The fraction of sp³-hybridized carbons (Fsp3) is 0.438. The SMILES string of the molecule is CCc1cnc(CNCC(O)c2cc(C)ccc2OC)o1. The molecule has 2 rings (SSSR count). The Kier molecular flexibility index (Phi) is 5.36. The minimum absolute atomic E-state index is 0.406. The van der Waals surface area contributed by atoms with Crippen molar-refractivity contribution in [1.82, 2.24) is 10.3 Å². The van der Waals surface area contributed by atoms with E-state index < -0.39 is 6.10 Å². The number of benzene rings is 1. The van der Waals surface area contributed by atoms with Crippen molar-refractivity contribution < 1.29 is 14.3 Å². The maximum Gasteiger partial charge on any atom is 0.208 e. The molecule has 2 N–H and O–H groups in total. The van der Waals surface area contributed by atoms with E-state index in [0.29, 0.717) is 24.7 Å². The van der Waals surface area contributed by atoms with Gasteiger partial charge in [0.05, 0.1) is 26.0 Å². The van der Waals surface area contributed by atoms with Gasteiger partial charge in [-0.2, -0.15) is 0 Å². The summed E-state index contributed by atoms with van der Waals surface area (Å²) in [6, 6.07) is 5.77. The number of rotatable bonds is 7. The molecule has 0 saturated carbocycles. The van der Waals surface area contributed by atoms with Crippen LogP contribution in [0.5, 0.6) is 5.75 Å². The summed E-state index contributed by atoms with van der Waals surface area (Å²) in [5.41, 5.74) is 1.87. The molecule has 5 nitrogen and oxygen atoms in total. The van der Waals surface area contributed by atoms with Crippen LogP contribution in [-0.4, -0.2) is 23.7 Å². The van der Waals surface area contributed by atoms with Crippen LogP contribution in [0.3, 0.4) is 0 Å². The van der Waals surface area contributed by atoms with Gasteiger partial charge in [-0.1, -0.05) is 18.6 Å². The Hall–Kier alpha value is -1.85. The summed E-state index contributed by atoms with van der Waals surface area (Å²) in [6.07, 6.45) is 1.92. The van der Waals surface area contributed by atoms with Gasteiger partial charge in [0.1, 0.15) is 11.5 Å². The molecule has 0 radical (unpaired) electrons. The van der Waals surface area contributed by atoms with Crippen LogP contribution in [0.25, 0.3) is 0 Å². The largest absolute Gasteiger partial charge is 0.496 e. The van der Waals surface area contributed by atoms with E-state index in [-0.39, 0.29) is 0 Å². The van der Waals surface area contributed by atoms with Crippen molar-refractivity contribution in [3.8, 4) is 5.75 Å². The molecule has 0 bridgehead atoms. The van der Waals surface area contributed by atoms with Crippen LogP contribution in [0.1, 0.15) is 35.8 Å². The molecule has 0 aliphatic rings. The molecule has 2 aromatic rings. The van der Waals surface area contributed by atoms with Crippen molar-refractivity contribution in [1.29, 1.82) is 0 Å². The molecule has 21 heavy (non-hydrogen) atoms.